The summed E-state index contributed by atoms with van der Waals surface area (Å²) in [6, 6.07) is 71.1. The van der Waals surface area contributed by atoms with Gasteiger partial charge in [-0.3, -0.25) is 0 Å². The summed E-state index contributed by atoms with van der Waals surface area (Å²) in [6.07, 6.45) is 0. The van der Waals surface area contributed by atoms with Crippen molar-refractivity contribution in [1.29, 1.82) is 0 Å². The number of benzene rings is 10. The summed E-state index contributed by atoms with van der Waals surface area (Å²) in [7, 11) is 0. The molecule has 14 rings (SSSR count). The monoisotopic (exact) mass is 875 g/mol. The Hall–Kier alpha value is -9.25. The number of hydrogen-bond donors (Lipinski definition) is 0. The Morgan fingerprint density at radius 1 is 0.309 bits per heavy atom. The Kier molecular flexibility index (Phi) is 8.05. The third-order valence-corrected chi connectivity index (χ3v) is 13.9. The zero-order chi connectivity index (χ0) is 45.2. The van der Waals surface area contributed by atoms with Gasteiger partial charge in [0.15, 0.2) is 5.69 Å². The maximum Gasteiger partial charge on any atom is 0.197 e. The van der Waals surface area contributed by atoms with Crippen LogP contribution in [0.4, 0.5) is 14.5 Å². The summed E-state index contributed by atoms with van der Waals surface area (Å²) in [5.41, 5.74) is 11.3. The minimum absolute atomic E-state index is 0.129. The number of fused-ring (bicyclic) bond motifs is 12. The molecule has 0 atom stereocenters. The van der Waals surface area contributed by atoms with Gasteiger partial charge in [0, 0.05) is 60.0 Å². The highest BCUT2D eigenvalue weighted by Crippen LogP contribution is 2.45. The minimum atomic E-state index is -0.739. The van der Waals surface area contributed by atoms with Gasteiger partial charge in [0.2, 0.25) is 0 Å². The summed E-state index contributed by atoms with van der Waals surface area (Å²) >= 11 is 0. The van der Waals surface area contributed by atoms with Crippen molar-refractivity contribution >= 4 is 92.9 Å². The van der Waals surface area contributed by atoms with E-state index in [2.05, 4.69) is 181 Å². The molecule has 10 aromatic carbocycles. The SMILES string of the molecule is [C-]#[N+]c1cc(-n2c3ccccc3c3ccc(-n4c5ccccc5c5ccccc54)cc32)c(-n2c3ccccc3c3ccc(-n4c5ccccc5c5ccccc54)cc32)cc1-c1c(F)cccc1F. The van der Waals surface area contributed by atoms with Crippen LogP contribution in [0.2, 0.25) is 0 Å². The average molecular weight is 876 g/mol. The lowest BCUT2D eigenvalue weighted by molar-refractivity contribution is 0.590. The Bertz CT molecular complexity index is 4370. The van der Waals surface area contributed by atoms with Gasteiger partial charge in [-0.25, -0.2) is 13.6 Å². The maximum atomic E-state index is 16.1. The zero-order valence-corrected chi connectivity index (χ0v) is 36.2. The molecule has 0 amide bonds. The van der Waals surface area contributed by atoms with Gasteiger partial charge in [-0.1, -0.05) is 127 Å². The fourth-order valence-electron chi connectivity index (χ4n) is 11.1. The lowest BCUT2D eigenvalue weighted by Gasteiger charge is -2.20. The van der Waals surface area contributed by atoms with E-state index in [0.717, 1.165) is 98.6 Å². The molecule has 0 bridgehead atoms. The van der Waals surface area contributed by atoms with Gasteiger partial charge in [0.25, 0.3) is 0 Å². The van der Waals surface area contributed by atoms with Crippen LogP contribution in [0.1, 0.15) is 0 Å². The van der Waals surface area contributed by atoms with Crippen LogP contribution in [0.15, 0.2) is 212 Å². The second kappa shape index (κ2) is 14.4. The van der Waals surface area contributed by atoms with E-state index in [4.69, 9.17) is 6.57 Å². The fourth-order valence-corrected chi connectivity index (χ4v) is 11.1. The Balaban J connectivity index is 1.13. The molecule has 14 aromatic rings. The minimum Gasteiger partial charge on any atom is -0.309 e. The molecule has 0 aliphatic rings. The van der Waals surface area contributed by atoms with Crippen molar-refractivity contribution in [3.63, 3.8) is 0 Å². The molecule has 318 valence electrons. The molecular weight excluding hydrogens is 841 g/mol. The van der Waals surface area contributed by atoms with Crippen molar-refractivity contribution in [2.24, 2.45) is 0 Å². The standard InChI is InChI=1S/C61H35F2N5/c1-64-50-36-60(68-56-28-13-7-20-44(56)46-32-30-38(34-58(46)68)66-53-25-10-4-17-41(53)42-18-5-11-26-54(42)66)59(35-47(50)61-48(62)21-14-22-49(61)63)67-55-27-12-6-19-43(55)45-31-29-37(33-57(45)67)65-51-23-8-2-15-39(51)40-16-3-9-24-52(40)65/h2-36H. The number of nitrogens with zero attached hydrogens (tertiary/aromatic N) is 5. The topological polar surface area (TPSA) is 24.1 Å². The van der Waals surface area contributed by atoms with E-state index < -0.39 is 11.6 Å². The van der Waals surface area contributed by atoms with Crippen LogP contribution in [-0.4, -0.2) is 18.3 Å². The Labute approximate surface area is 387 Å². The fraction of sp³-hybridized carbons (Fsp3) is 0. The van der Waals surface area contributed by atoms with Crippen molar-refractivity contribution in [2.45, 2.75) is 0 Å². The molecule has 0 saturated carbocycles. The van der Waals surface area contributed by atoms with Crippen molar-refractivity contribution in [2.75, 3.05) is 0 Å². The van der Waals surface area contributed by atoms with E-state index in [0.29, 0.717) is 11.4 Å². The van der Waals surface area contributed by atoms with Crippen LogP contribution >= 0.6 is 0 Å². The summed E-state index contributed by atoms with van der Waals surface area (Å²) in [5, 5.41) is 8.73. The molecule has 4 aromatic heterocycles. The van der Waals surface area contributed by atoms with Gasteiger partial charge in [-0.2, -0.15) is 0 Å². The van der Waals surface area contributed by atoms with Crippen molar-refractivity contribution in [1.82, 2.24) is 18.3 Å². The highest BCUT2D eigenvalue weighted by molar-refractivity contribution is 6.15. The number of para-hydroxylation sites is 6. The van der Waals surface area contributed by atoms with Gasteiger partial charge in [-0.15, -0.1) is 0 Å². The molecule has 0 N–H and O–H groups in total. The third kappa shape index (κ3) is 5.28. The summed E-state index contributed by atoms with van der Waals surface area (Å²) in [4.78, 5) is 4.03. The quantitative estimate of drug-likeness (QED) is 0.154. The predicted molar refractivity (Wildman–Crippen MR) is 275 cm³/mol. The summed E-state index contributed by atoms with van der Waals surface area (Å²) in [6.45, 7) is 8.61. The first-order valence-electron chi connectivity index (χ1n) is 22.6. The normalized spacial score (nSPS) is 12.0. The summed E-state index contributed by atoms with van der Waals surface area (Å²) < 4.78 is 41.3. The first-order chi connectivity index (χ1) is 33.6. The van der Waals surface area contributed by atoms with Crippen molar-refractivity contribution in [3.8, 4) is 33.9 Å². The number of aromatic nitrogens is 4. The van der Waals surface area contributed by atoms with Crippen molar-refractivity contribution in [3.05, 3.63) is 235 Å². The second-order valence-electron chi connectivity index (χ2n) is 17.4. The van der Waals surface area contributed by atoms with Crippen molar-refractivity contribution < 1.29 is 8.78 Å². The van der Waals surface area contributed by atoms with Gasteiger partial charge in [0.1, 0.15) is 11.6 Å². The predicted octanol–water partition coefficient (Wildman–Crippen LogP) is 16.6. The third-order valence-electron chi connectivity index (χ3n) is 13.9. The van der Waals surface area contributed by atoms with Crippen LogP contribution < -0.4 is 0 Å². The van der Waals surface area contributed by atoms with Gasteiger partial charge >= 0.3 is 0 Å². The van der Waals surface area contributed by atoms with E-state index >= 15 is 8.78 Å². The smallest absolute Gasteiger partial charge is 0.197 e. The molecule has 0 spiro atoms. The lowest BCUT2D eigenvalue weighted by atomic mass is 10.00. The average Bonchev–Trinajstić information content (AvgIpc) is 4.11. The van der Waals surface area contributed by atoms with Crippen LogP contribution in [0, 0.1) is 18.2 Å². The zero-order valence-electron chi connectivity index (χ0n) is 36.2. The number of hydrogen-bond acceptors (Lipinski definition) is 0. The van der Waals surface area contributed by atoms with E-state index in [1.807, 2.05) is 36.4 Å². The van der Waals surface area contributed by atoms with E-state index in [-0.39, 0.29) is 16.8 Å². The van der Waals surface area contributed by atoms with Gasteiger partial charge in [0.05, 0.1) is 62.1 Å². The lowest BCUT2D eigenvalue weighted by Crippen LogP contribution is -2.05. The van der Waals surface area contributed by atoms with E-state index in [1.54, 1.807) is 0 Å². The molecule has 0 radical (unpaired) electrons. The Morgan fingerprint density at radius 3 is 1.00 bits per heavy atom. The highest BCUT2D eigenvalue weighted by Gasteiger charge is 2.25. The van der Waals surface area contributed by atoms with Gasteiger partial charge < -0.3 is 18.3 Å². The highest BCUT2D eigenvalue weighted by atomic mass is 19.1. The van der Waals surface area contributed by atoms with Gasteiger partial charge in [-0.05, 0) is 90.5 Å². The largest absolute Gasteiger partial charge is 0.309 e. The molecule has 0 saturated heterocycles. The summed E-state index contributed by atoms with van der Waals surface area (Å²) in [5.74, 6) is -1.48. The van der Waals surface area contributed by atoms with Crippen LogP contribution in [0.3, 0.4) is 0 Å². The molecule has 5 nitrogen and oxygen atoms in total. The van der Waals surface area contributed by atoms with Crippen LogP contribution in [0.5, 0.6) is 0 Å². The van der Waals surface area contributed by atoms with E-state index in [1.165, 1.54) is 18.2 Å². The molecule has 0 aliphatic carbocycles. The first-order valence-corrected chi connectivity index (χ1v) is 22.6. The maximum absolute atomic E-state index is 16.1. The molecule has 0 unspecified atom stereocenters. The molecule has 0 fully saturated rings. The van der Waals surface area contributed by atoms with E-state index in [9.17, 15) is 0 Å². The second-order valence-corrected chi connectivity index (χ2v) is 17.4. The molecule has 4 heterocycles. The molecule has 7 heteroatoms. The van der Waals surface area contributed by atoms with Crippen LogP contribution in [-0.2, 0) is 0 Å². The molecule has 68 heavy (non-hydrogen) atoms. The number of halogens is 2. The van der Waals surface area contributed by atoms with Crippen LogP contribution in [0.25, 0.3) is 126 Å². The Morgan fingerprint density at radius 2 is 0.632 bits per heavy atom. The first kappa shape index (κ1) is 38.1. The number of rotatable bonds is 5. The molecule has 0 aliphatic heterocycles. The molecular formula is C61H35F2N5.